The molecule has 2 aromatic rings. The summed E-state index contributed by atoms with van der Waals surface area (Å²) in [5, 5.41) is 0. The lowest BCUT2D eigenvalue weighted by molar-refractivity contribution is 0.290. The van der Waals surface area contributed by atoms with Crippen molar-refractivity contribution in [2.45, 2.75) is 20.1 Å². The highest BCUT2D eigenvalue weighted by molar-refractivity contribution is 5.33. The van der Waals surface area contributed by atoms with Crippen molar-refractivity contribution in [2.75, 3.05) is 7.11 Å². The minimum atomic E-state index is 0.428. The maximum Gasteiger partial charge on any atom is 0.218 e. The number of pyridine rings is 1. The van der Waals surface area contributed by atoms with Gasteiger partial charge in [0, 0.05) is 18.3 Å². The predicted molar refractivity (Wildman–Crippen MR) is 74.2 cm³/mol. The lowest BCUT2D eigenvalue weighted by Crippen LogP contribution is -2.06. The van der Waals surface area contributed by atoms with Crippen LogP contribution in [0.1, 0.15) is 16.7 Å². The van der Waals surface area contributed by atoms with Crippen molar-refractivity contribution in [1.82, 2.24) is 4.98 Å². The summed E-state index contributed by atoms with van der Waals surface area (Å²) in [6.07, 6.45) is 1.73. The molecule has 0 bridgehead atoms. The van der Waals surface area contributed by atoms with Gasteiger partial charge in [0.2, 0.25) is 5.88 Å². The fraction of sp³-hybridized carbons (Fsp3) is 0.267. The van der Waals surface area contributed by atoms with Gasteiger partial charge in [-0.1, -0.05) is 12.1 Å². The van der Waals surface area contributed by atoms with Crippen LogP contribution in [0.3, 0.4) is 0 Å². The molecule has 0 atom stereocenters. The average Bonchev–Trinajstić information content (AvgIpc) is 2.45. The van der Waals surface area contributed by atoms with Crippen LogP contribution >= 0.6 is 0 Å². The zero-order chi connectivity index (χ0) is 13.7. The number of benzene rings is 1. The van der Waals surface area contributed by atoms with Crippen molar-refractivity contribution in [3.8, 4) is 11.6 Å². The van der Waals surface area contributed by atoms with Crippen LogP contribution in [-0.4, -0.2) is 12.1 Å². The quantitative estimate of drug-likeness (QED) is 0.895. The van der Waals surface area contributed by atoms with Crippen molar-refractivity contribution in [1.29, 1.82) is 0 Å². The topological polar surface area (TPSA) is 57.4 Å². The van der Waals surface area contributed by atoms with E-state index in [1.165, 1.54) is 0 Å². The minimum Gasteiger partial charge on any atom is -0.497 e. The Kier molecular flexibility index (Phi) is 4.36. The number of ether oxygens (including phenoxy) is 2. The van der Waals surface area contributed by atoms with Crippen molar-refractivity contribution >= 4 is 0 Å². The van der Waals surface area contributed by atoms with E-state index in [9.17, 15) is 0 Å². The van der Waals surface area contributed by atoms with E-state index in [1.54, 1.807) is 13.3 Å². The monoisotopic (exact) mass is 258 g/mol. The van der Waals surface area contributed by atoms with Crippen LogP contribution in [0.5, 0.6) is 11.6 Å². The van der Waals surface area contributed by atoms with Crippen LogP contribution in [0.2, 0.25) is 0 Å². The molecule has 0 saturated carbocycles. The second kappa shape index (κ2) is 6.20. The normalized spacial score (nSPS) is 10.3. The Morgan fingerprint density at radius 2 is 1.89 bits per heavy atom. The smallest absolute Gasteiger partial charge is 0.218 e. The number of nitrogens with zero attached hydrogens (tertiary/aromatic N) is 1. The molecule has 0 amide bonds. The first-order valence-electron chi connectivity index (χ1n) is 6.15. The first-order valence-corrected chi connectivity index (χ1v) is 6.15. The summed E-state index contributed by atoms with van der Waals surface area (Å²) in [7, 11) is 1.65. The Morgan fingerprint density at radius 1 is 1.16 bits per heavy atom. The highest BCUT2D eigenvalue weighted by Gasteiger charge is 2.06. The van der Waals surface area contributed by atoms with Gasteiger partial charge in [0.05, 0.1) is 7.11 Å². The molecule has 4 heteroatoms. The average molecular weight is 258 g/mol. The van der Waals surface area contributed by atoms with E-state index in [0.717, 1.165) is 22.4 Å². The van der Waals surface area contributed by atoms with Gasteiger partial charge in [-0.3, -0.25) is 0 Å². The first-order chi connectivity index (χ1) is 9.24. The molecule has 0 aliphatic heterocycles. The summed E-state index contributed by atoms with van der Waals surface area (Å²) in [4.78, 5) is 4.23. The number of methoxy groups -OCH3 is 1. The zero-order valence-corrected chi connectivity index (χ0v) is 11.2. The number of rotatable bonds is 5. The van der Waals surface area contributed by atoms with Gasteiger partial charge in [-0.2, -0.15) is 0 Å². The second-order valence-electron chi connectivity index (χ2n) is 4.25. The highest BCUT2D eigenvalue weighted by Crippen LogP contribution is 2.20. The predicted octanol–water partition coefficient (Wildman–Crippen LogP) is 2.44. The fourth-order valence-electron chi connectivity index (χ4n) is 1.81. The van der Waals surface area contributed by atoms with Gasteiger partial charge in [-0.15, -0.1) is 0 Å². The van der Waals surface area contributed by atoms with E-state index in [2.05, 4.69) is 4.98 Å². The third-order valence-electron chi connectivity index (χ3n) is 2.99. The fourth-order valence-corrected chi connectivity index (χ4v) is 1.81. The Bertz CT molecular complexity index is 538. The number of hydrogen-bond acceptors (Lipinski definition) is 4. The Balaban J connectivity index is 2.07. The molecule has 2 N–H and O–H groups in total. The molecule has 2 rings (SSSR count). The third-order valence-corrected chi connectivity index (χ3v) is 2.99. The molecule has 0 saturated heterocycles. The Hall–Kier alpha value is -2.07. The van der Waals surface area contributed by atoms with Gasteiger partial charge in [0.1, 0.15) is 12.4 Å². The van der Waals surface area contributed by atoms with E-state index in [1.807, 2.05) is 37.3 Å². The maximum absolute atomic E-state index is 5.74. The summed E-state index contributed by atoms with van der Waals surface area (Å²) in [5.74, 6) is 1.44. The van der Waals surface area contributed by atoms with Crippen LogP contribution in [0.4, 0.5) is 0 Å². The van der Waals surface area contributed by atoms with Gasteiger partial charge < -0.3 is 15.2 Å². The molecule has 1 aromatic carbocycles. The molecule has 0 unspecified atom stereocenters. The highest BCUT2D eigenvalue weighted by atomic mass is 16.5. The molecule has 100 valence electrons. The Labute approximate surface area is 113 Å². The van der Waals surface area contributed by atoms with E-state index >= 15 is 0 Å². The van der Waals surface area contributed by atoms with Gasteiger partial charge >= 0.3 is 0 Å². The zero-order valence-electron chi connectivity index (χ0n) is 11.2. The van der Waals surface area contributed by atoms with E-state index in [4.69, 9.17) is 15.2 Å². The molecule has 4 nitrogen and oxygen atoms in total. The van der Waals surface area contributed by atoms with Crippen molar-refractivity contribution in [2.24, 2.45) is 5.73 Å². The van der Waals surface area contributed by atoms with Crippen molar-refractivity contribution in [3.63, 3.8) is 0 Å². The molecular weight excluding hydrogens is 240 g/mol. The first kappa shape index (κ1) is 13.4. The van der Waals surface area contributed by atoms with Crippen LogP contribution in [0, 0.1) is 6.92 Å². The SMILES string of the molecule is COc1ccc(COc2nccc(C)c2CN)cc1. The van der Waals surface area contributed by atoms with Crippen molar-refractivity contribution in [3.05, 3.63) is 53.2 Å². The maximum atomic E-state index is 5.74. The third kappa shape index (κ3) is 3.23. The summed E-state index contributed by atoms with van der Waals surface area (Å²) in [5.41, 5.74) is 8.84. The van der Waals surface area contributed by atoms with E-state index in [-0.39, 0.29) is 0 Å². The molecule has 0 fully saturated rings. The van der Waals surface area contributed by atoms with Gasteiger partial charge in [0.15, 0.2) is 0 Å². The van der Waals surface area contributed by atoms with Crippen LogP contribution in [0.25, 0.3) is 0 Å². The lowest BCUT2D eigenvalue weighted by atomic mass is 10.1. The standard InChI is InChI=1S/C15H18N2O2/c1-11-7-8-17-15(14(11)9-16)19-10-12-3-5-13(18-2)6-4-12/h3-8H,9-10,16H2,1-2H3. The molecule has 0 aliphatic rings. The minimum absolute atomic E-state index is 0.428. The molecule has 1 heterocycles. The van der Waals surface area contributed by atoms with Gasteiger partial charge in [-0.25, -0.2) is 4.98 Å². The molecule has 1 aromatic heterocycles. The van der Waals surface area contributed by atoms with Crippen LogP contribution in [-0.2, 0) is 13.2 Å². The van der Waals surface area contributed by atoms with E-state index in [0.29, 0.717) is 19.0 Å². The second-order valence-corrected chi connectivity index (χ2v) is 4.25. The van der Waals surface area contributed by atoms with Crippen molar-refractivity contribution < 1.29 is 9.47 Å². The summed E-state index contributed by atoms with van der Waals surface area (Å²) >= 11 is 0. The number of aromatic nitrogens is 1. The molecule has 0 spiro atoms. The molecule has 19 heavy (non-hydrogen) atoms. The summed E-state index contributed by atoms with van der Waals surface area (Å²) in [6, 6.07) is 9.69. The largest absolute Gasteiger partial charge is 0.497 e. The van der Waals surface area contributed by atoms with Gasteiger partial charge in [0.25, 0.3) is 0 Å². The Morgan fingerprint density at radius 3 is 2.53 bits per heavy atom. The molecule has 0 aliphatic carbocycles. The van der Waals surface area contributed by atoms with Crippen LogP contribution < -0.4 is 15.2 Å². The van der Waals surface area contributed by atoms with E-state index < -0.39 is 0 Å². The lowest BCUT2D eigenvalue weighted by Gasteiger charge is -2.11. The van der Waals surface area contributed by atoms with Gasteiger partial charge in [-0.05, 0) is 36.2 Å². The number of aryl methyl sites for hydroxylation is 1. The number of nitrogens with two attached hydrogens (primary N) is 1. The van der Waals surface area contributed by atoms with Crippen LogP contribution in [0.15, 0.2) is 36.5 Å². The summed E-state index contributed by atoms with van der Waals surface area (Å²) < 4.78 is 10.9. The summed E-state index contributed by atoms with van der Waals surface area (Å²) in [6.45, 7) is 2.90. The molecule has 0 radical (unpaired) electrons. The molecular formula is C15H18N2O2. The number of hydrogen-bond donors (Lipinski definition) is 1.